The van der Waals surface area contributed by atoms with Gasteiger partial charge in [0.25, 0.3) is 0 Å². The van der Waals surface area contributed by atoms with E-state index in [0.717, 1.165) is 44.1 Å². The molecule has 0 spiro atoms. The number of pyridine rings is 1. The second kappa shape index (κ2) is 7.70. The SMILES string of the molecule is FC(F)(F)c1cnc(N2CCN(c3ccc(N4CCCC4)cc3)CC2)c(Cl)c1. The van der Waals surface area contributed by atoms with Crippen LogP contribution >= 0.6 is 11.6 Å². The summed E-state index contributed by atoms with van der Waals surface area (Å²) in [4.78, 5) is 10.6. The second-order valence-corrected chi connectivity index (χ2v) is 7.62. The molecule has 1 aromatic heterocycles. The van der Waals surface area contributed by atoms with Gasteiger partial charge >= 0.3 is 6.18 Å². The molecule has 28 heavy (non-hydrogen) atoms. The van der Waals surface area contributed by atoms with Crippen molar-refractivity contribution in [3.63, 3.8) is 0 Å². The zero-order valence-corrected chi connectivity index (χ0v) is 16.2. The summed E-state index contributed by atoms with van der Waals surface area (Å²) in [5, 5.41) is 0.0400. The molecule has 4 nitrogen and oxygen atoms in total. The van der Waals surface area contributed by atoms with Crippen LogP contribution in [0.25, 0.3) is 0 Å². The molecule has 1 aromatic carbocycles. The largest absolute Gasteiger partial charge is 0.417 e. The summed E-state index contributed by atoms with van der Waals surface area (Å²) in [5.41, 5.74) is 1.60. The molecule has 4 rings (SSSR count). The number of benzene rings is 1. The highest BCUT2D eigenvalue weighted by Crippen LogP contribution is 2.34. The first-order chi connectivity index (χ1) is 13.4. The van der Waals surface area contributed by atoms with Gasteiger partial charge in [-0.2, -0.15) is 13.2 Å². The molecule has 2 aliphatic rings. The Kier molecular flexibility index (Phi) is 5.27. The van der Waals surface area contributed by atoms with Gasteiger partial charge in [-0.3, -0.25) is 0 Å². The van der Waals surface area contributed by atoms with Gasteiger partial charge in [-0.25, -0.2) is 4.98 Å². The number of piperazine rings is 1. The molecular formula is C20H22ClF3N4. The molecule has 2 aliphatic heterocycles. The van der Waals surface area contributed by atoms with Gasteiger partial charge in [-0.1, -0.05) is 11.6 Å². The third kappa shape index (κ3) is 3.99. The van der Waals surface area contributed by atoms with Crippen LogP contribution in [-0.4, -0.2) is 44.3 Å². The highest BCUT2D eigenvalue weighted by Gasteiger charge is 2.32. The number of anilines is 3. The lowest BCUT2D eigenvalue weighted by molar-refractivity contribution is -0.137. The molecule has 2 saturated heterocycles. The molecule has 0 radical (unpaired) electrons. The van der Waals surface area contributed by atoms with Crippen LogP contribution in [0, 0.1) is 0 Å². The zero-order valence-electron chi connectivity index (χ0n) is 15.4. The summed E-state index contributed by atoms with van der Waals surface area (Å²) in [5.74, 6) is 0.415. The van der Waals surface area contributed by atoms with E-state index in [4.69, 9.17) is 11.6 Å². The van der Waals surface area contributed by atoms with Crippen LogP contribution in [0.2, 0.25) is 5.02 Å². The van der Waals surface area contributed by atoms with E-state index in [1.807, 2.05) is 4.90 Å². The number of aromatic nitrogens is 1. The van der Waals surface area contributed by atoms with Crippen LogP contribution in [-0.2, 0) is 6.18 Å². The third-order valence-electron chi connectivity index (χ3n) is 5.41. The van der Waals surface area contributed by atoms with E-state index >= 15 is 0 Å². The lowest BCUT2D eigenvalue weighted by Crippen LogP contribution is -2.47. The van der Waals surface area contributed by atoms with E-state index in [0.29, 0.717) is 18.9 Å². The van der Waals surface area contributed by atoms with Crippen molar-refractivity contribution in [3.8, 4) is 0 Å². The molecule has 0 saturated carbocycles. The molecule has 0 N–H and O–H groups in total. The van der Waals surface area contributed by atoms with Crippen molar-refractivity contribution in [2.45, 2.75) is 19.0 Å². The van der Waals surface area contributed by atoms with Crippen molar-refractivity contribution in [1.29, 1.82) is 0 Å². The first-order valence-corrected chi connectivity index (χ1v) is 9.87. The maximum atomic E-state index is 12.8. The summed E-state index contributed by atoms with van der Waals surface area (Å²) >= 11 is 6.08. The predicted molar refractivity (Wildman–Crippen MR) is 107 cm³/mol. The zero-order chi connectivity index (χ0) is 19.7. The van der Waals surface area contributed by atoms with E-state index in [9.17, 15) is 13.2 Å². The number of halogens is 4. The van der Waals surface area contributed by atoms with Crippen molar-refractivity contribution in [2.24, 2.45) is 0 Å². The second-order valence-electron chi connectivity index (χ2n) is 7.21. The monoisotopic (exact) mass is 410 g/mol. The number of nitrogens with zero attached hydrogens (tertiary/aromatic N) is 4. The van der Waals surface area contributed by atoms with Gasteiger partial charge in [-0.15, -0.1) is 0 Å². The van der Waals surface area contributed by atoms with E-state index in [-0.39, 0.29) is 5.02 Å². The van der Waals surface area contributed by atoms with Crippen molar-refractivity contribution >= 4 is 28.8 Å². The Morgan fingerprint density at radius 1 is 0.786 bits per heavy atom. The molecule has 0 bridgehead atoms. The fourth-order valence-corrected chi connectivity index (χ4v) is 4.13. The minimum absolute atomic E-state index is 0.0400. The number of rotatable bonds is 3. The highest BCUT2D eigenvalue weighted by molar-refractivity contribution is 6.33. The van der Waals surface area contributed by atoms with Crippen molar-refractivity contribution in [1.82, 2.24) is 4.98 Å². The van der Waals surface area contributed by atoms with Crippen LogP contribution in [0.15, 0.2) is 36.5 Å². The van der Waals surface area contributed by atoms with Crippen LogP contribution < -0.4 is 14.7 Å². The smallest absolute Gasteiger partial charge is 0.372 e. The number of hydrogen-bond donors (Lipinski definition) is 0. The summed E-state index contributed by atoms with van der Waals surface area (Å²) in [6.07, 6.45) is -1.08. The number of alkyl halides is 3. The van der Waals surface area contributed by atoms with E-state index in [1.165, 1.54) is 18.5 Å². The maximum Gasteiger partial charge on any atom is 0.417 e. The topological polar surface area (TPSA) is 22.6 Å². The number of hydrogen-bond acceptors (Lipinski definition) is 4. The first kappa shape index (κ1) is 19.2. The van der Waals surface area contributed by atoms with E-state index in [1.54, 1.807) is 0 Å². The Balaban J connectivity index is 1.39. The van der Waals surface area contributed by atoms with Gasteiger partial charge in [0.1, 0.15) is 5.82 Å². The fraction of sp³-hybridized carbons (Fsp3) is 0.450. The molecule has 2 aromatic rings. The third-order valence-corrected chi connectivity index (χ3v) is 5.69. The lowest BCUT2D eigenvalue weighted by atomic mass is 10.2. The van der Waals surface area contributed by atoms with Crippen molar-refractivity contribution in [2.75, 3.05) is 54.0 Å². The van der Waals surface area contributed by atoms with Crippen LogP contribution in [0.1, 0.15) is 18.4 Å². The maximum absolute atomic E-state index is 12.8. The van der Waals surface area contributed by atoms with Crippen molar-refractivity contribution in [3.05, 3.63) is 47.1 Å². The molecule has 150 valence electrons. The van der Waals surface area contributed by atoms with Crippen molar-refractivity contribution < 1.29 is 13.2 Å². The minimum atomic E-state index is -4.44. The van der Waals surface area contributed by atoms with Crippen LogP contribution in [0.4, 0.5) is 30.4 Å². The minimum Gasteiger partial charge on any atom is -0.372 e. The normalized spacial score (nSPS) is 18.1. The molecule has 0 unspecified atom stereocenters. The molecular weight excluding hydrogens is 389 g/mol. The Morgan fingerprint density at radius 3 is 1.79 bits per heavy atom. The molecule has 3 heterocycles. The van der Waals surface area contributed by atoms with Gasteiger partial charge in [0.2, 0.25) is 0 Å². The Hall–Kier alpha value is -2.15. The van der Waals surface area contributed by atoms with Gasteiger partial charge in [0, 0.05) is 56.8 Å². The summed E-state index contributed by atoms with van der Waals surface area (Å²) in [6.45, 7) is 5.10. The average Bonchev–Trinajstić information content (AvgIpc) is 3.22. The van der Waals surface area contributed by atoms with Crippen LogP contribution in [0.3, 0.4) is 0 Å². The Bertz CT molecular complexity index is 811. The average molecular weight is 411 g/mol. The predicted octanol–water partition coefficient (Wildman–Crippen LogP) is 4.68. The molecule has 0 aliphatic carbocycles. The Morgan fingerprint density at radius 2 is 1.29 bits per heavy atom. The van der Waals surface area contributed by atoms with E-state index < -0.39 is 11.7 Å². The first-order valence-electron chi connectivity index (χ1n) is 9.49. The summed E-state index contributed by atoms with van der Waals surface area (Å²) in [7, 11) is 0. The molecule has 8 heteroatoms. The highest BCUT2D eigenvalue weighted by atomic mass is 35.5. The molecule has 2 fully saturated rings. The van der Waals surface area contributed by atoms with Gasteiger partial charge < -0.3 is 14.7 Å². The van der Waals surface area contributed by atoms with Gasteiger partial charge in [0.05, 0.1) is 10.6 Å². The molecule has 0 amide bonds. The van der Waals surface area contributed by atoms with E-state index in [2.05, 4.69) is 39.0 Å². The van der Waals surface area contributed by atoms with Gasteiger partial charge in [-0.05, 0) is 43.2 Å². The van der Waals surface area contributed by atoms with Gasteiger partial charge in [0.15, 0.2) is 0 Å². The quantitative estimate of drug-likeness (QED) is 0.732. The standard InChI is InChI=1S/C20H22ClF3N4/c21-18-13-15(20(22,23)24)14-25-19(18)28-11-9-27(10-12-28)17-5-3-16(4-6-17)26-7-1-2-8-26/h3-6,13-14H,1-2,7-12H2. The fourth-order valence-electron chi connectivity index (χ4n) is 3.84. The lowest BCUT2D eigenvalue weighted by Gasteiger charge is -2.37. The summed E-state index contributed by atoms with van der Waals surface area (Å²) in [6, 6.07) is 9.58. The van der Waals surface area contributed by atoms with Crippen LogP contribution in [0.5, 0.6) is 0 Å². The molecule has 0 atom stereocenters. The summed E-state index contributed by atoms with van der Waals surface area (Å²) < 4.78 is 38.4. The Labute approximate surface area is 167 Å².